The largest absolute Gasteiger partial charge is 0.497 e. The van der Waals surface area contributed by atoms with E-state index in [0.717, 1.165) is 28.2 Å². The number of rotatable bonds is 6. The Labute approximate surface area is 181 Å². The number of methoxy groups -OCH3 is 2. The van der Waals surface area contributed by atoms with E-state index < -0.39 is 10.9 Å². The summed E-state index contributed by atoms with van der Waals surface area (Å²) in [4.78, 5) is 23.7. The van der Waals surface area contributed by atoms with Gasteiger partial charge in [-0.2, -0.15) is 0 Å². The minimum Gasteiger partial charge on any atom is -0.497 e. The van der Waals surface area contributed by atoms with Gasteiger partial charge in [-0.05, 0) is 47.5 Å². The molecular formula is C24H18O6S. The van der Waals surface area contributed by atoms with Crippen LogP contribution in [0.15, 0.2) is 76.0 Å². The van der Waals surface area contributed by atoms with E-state index in [2.05, 4.69) is 0 Å². The number of hydrogen-bond donors (Lipinski definition) is 0. The van der Waals surface area contributed by atoms with Crippen LogP contribution in [0.3, 0.4) is 0 Å². The zero-order chi connectivity index (χ0) is 21.8. The summed E-state index contributed by atoms with van der Waals surface area (Å²) in [6, 6.07) is 17.9. The fourth-order valence-electron chi connectivity index (χ4n) is 3.03. The molecule has 1 aromatic heterocycles. The molecule has 0 spiro atoms. The van der Waals surface area contributed by atoms with Crippen LogP contribution in [0, 0.1) is 0 Å². The summed E-state index contributed by atoms with van der Waals surface area (Å²) in [6.45, 7) is 0. The third-order valence-corrected chi connectivity index (χ3v) is 5.33. The summed E-state index contributed by atoms with van der Waals surface area (Å²) in [5, 5.41) is 0. The van der Waals surface area contributed by atoms with Crippen LogP contribution < -0.4 is 19.1 Å². The van der Waals surface area contributed by atoms with Crippen molar-refractivity contribution in [3.63, 3.8) is 0 Å². The van der Waals surface area contributed by atoms with E-state index in [-0.39, 0.29) is 0 Å². The fourth-order valence-corrected chi connectivity index (χ4v) is 3.75. The van der Waals surface area contributed by atoms with E-state index >= 15 is 0 Å². The number of hydrogen-bond acceptors (Lipinski definition) is 7. The van der Waals surface area contributed by atoms with Crippen LogP contribution in [0.5, 0.6) is 17.2 Å². The maximum atomic E-state index is 12.3. The van der Waals surface area contributed by atoms with Gasteiger partial charge in [0.15, 0.2) is 5.58 Å². The highest BCUT2D eigenvalue weighted by atomic mass is 32.1. The lowest BCUT2D eigenvalue weighted by molar-refractivity contribution is -0.128. The number of benzene rings is 3. The Morgan fingerprint density at radius 2 is 1.55 bits per heavy atom. The van der Waals surface area contributed by atoms with E-state index in [1.807, 2.05) is 36.4 Å². The van der Waals surface area contributed by atoms with Gasteiger partial charge >= 0.3 is 10.9 Å². The molecule has 0 amide bonds. The molecule has 0 aliphatic heterocycles. The molecule has 0 aliphatic rings. The van der Waals surface area contributed by atoms with E-state index in [1.165, 1.54) is 6.08 Å². The van der Waals surface area contributed by atoms with Gasteiger partial charge in [-0.15, -0.1) is 0 Å². The number of ether oxygens (including phenoxy) is 3. The molecule has 7 heteroatoms. The van der Waals surface area contributed by atoms with E-state index in [4.69, 9.17) is 18.6 Å². The molecular weight excluding hydrogens is 416 g/mol. The van der Waals surface area contributed by atoms with Crippen molar-refractivity contribution >= 4 is 33.7 Å². The fraction of sp³-hybridized carbons (Fsp3) is 0.0833. The summed E-state index contributed by atoms with van der Waals surface area (Å²) in [7, 11) is 3.18. The smallest absolute Gasteiger partial charge is 0.396 e. The molecule has 3 aromatic carbocycles. The van der Waals surface area contributed by atoms with Gasteiger partial charge in [-0.3, -0.25) is 0 Å². The van der Waals surface area contributed by atoms with E-state index in [9.17, 15) is 9.59 Å². The lowest BCUT2D eigenvalue weighted by Crippen LogP contribution is -2.03. The average molecular weight is 434 g/mol. The summed E-state index contributed by atoms with van der Waals surface area (Å²) >= 11 is 0.955. The van der Waals surface area contributed by atoms with Crippen molar-refractivity contribution in [2.45, 2.75) is 0 Å². The van der Waals surface area contributed by atoms with Gasteiger partial charge < -0.3 is 18.6 Å². The van der Waals surface area contributed by atoms with E-state index in [0.29, 0.717) is 27.3 Å². The lowest BCUT2D eigenvalue weighted by Gasteiger charge is -2.07. The van der Waals surface area contributed by atoms with Crippen molar-refractivity contribution < 1.29 is 23.4 Å². The number of esters is 1. The molecule has 1 heterocycles. The van der Waals surface area contributed by atoms with Crippen LogP contribution in [0.1, 0.15) is 5.56 Å². The highest BCUT2D eigenvalue weighted by Gasteiger charge is 2.14. The molecule has 4 rings (SSSR count). The minimum atomic E-state index is -0.535. The Morgan fingerprint density at radius 3 is 2.19 bits per heavy atom. The molecule has 0 unspecified atom stereocenters. The standard InChI is InChI=1S/C24H18O6S/c1-27-17-8-3-15(4-9-17)5-12-22(25)29-19-13-20(16-6-10-18(28-2)11-7-16)23-21(14-19)31-24(26)30-23/h3-14H,1-2H3. The average Bonchev–Trinajstić information content (AvgIpc) is 3.17. The lowest BCUT2D eigenvalue weighted by atomic mass is 10.0. The van der Waals surface area contributed by atoms with Crippen molar-refractivity contribution in [2.24, 2.45) is 0 Å². The Morgan fingerprint density at radius 1 is 0.903 bits per heavy atom. The van der Waals surface area contributed by atoms with Crippen LogP contribution in [0.25, 0.3) is 27.5 Å². The summed E-state index contributed by atoms with van der Waals surface area (Å²) in [5.41, 5.74) is 2.74. The van der Waals surface area contributed by atoms with Gasteiger partial charge in [0.25, 0.3) is 0 Å². The van der Waals surface area contributed by atoms with Crippen LogP contribution in [0.2, 0.25) is 0 Å². The van der Waals surface area contributed by atoms with Crippen molar-refractivity contribution in [1.82, 2.24) is 0 Å². The van der Waals surface area contributed by atoms with Gasteiger partial charge in [-0.25, -0.2) is 9.59 Å². The molecule has 6 nitrogen and oxygen atoms in total. The summed E-state index contributed by atoms with van der Waals surface area (Å²) < 4.78 is 21.8. The number of carbonyl (C=O) groups is 1. The van der Waals surface area contributed by atoms with Crippen LogP contribution >= 0.6 is 11.3 Å². The molecule has 0 N–H and O–H groups in total. The Balaban J connectivity index is 1.61. The maximum absolute atomic E-state index is 12.3. The third-order valence-electron chi connectivity index (χ3n) is 4.55. The maximum Gasteiger partial charge on any atom is 0.396 e. The van der Waals surface area contributed by atoms with Gasteiger partial charge in [0.2, 0.25) is 0 Å². The van der Waals surface area contributed by atoms with Crippen molar-refractivity contribution in [3.05, 3.63) is 82.0 Å². The molecule has 156 valence electrons. The molecule has 0 saturated heterocycles. The first-order valence-electron chi connectivity index (χ1n) is 9.32. The van der Waals surface area contributed by atoms with Crippen molar-refractivity contribution in [1.29, 1.82) is 0 Å². The predicted octanol–water partition coefficient (Wildman–Crippen LogP) is 5.16. The van der Waals surface area contributed by atoms with Gasteiger partial charge in [0.05, 0.1) is 18.9 Å². The molecule has 31 heavy (non-hydrogen) atoms. The molecule has 4 aromatic rings. The summed E-state index contributed by atoms with van der Waals surface area (Å²) in [6.07, 6.45) is 3.00. The quantitative estimate of drug-likeness (QED) is 0.237. The highest BCUT2D eigenvalue weighted by Crippen LogP contribution is 2.35. The molecule has 0 aliphatic carbocycles. The molecule has 0 radical (unpaired) electrons. The zero-order valence-electron chi connectivity index (χ0n) is 16.8. The molecule has 0 bridgehead atoms. The first kappa shape index (κ1) is 20.4. The van der Waals surface area contributed by atoms with Crippen molar-refractivity contribution in [3.8, 4) is 28.4 Å². The normalized spacial score (nSPS) is 11.0. The second kappa shape index (κ2) is 8.89. The van der Waals surface area contributed by atoms with Gasteiger partial charge in [0, 0.05) is 17.7 Å². The van der Waals surface area contributed by atoms with E-state index in [1.54, 1.807) is 44.6 Å². The Kier molecular flexibility index (Phi) is 5.86. The van der Waals surface area contributed by atoms with Crippen LogP contribution in [-0.2, 0) is 4.79 Å². The predicted molar refractivity (Wildman–Crippen MR) is 120 cm³/mol. The monoisotopic (exact) mass is 434 g/mol. The Bertz CT molecular complexity index is 1300. The number of carbonyl (C=O) groups excluding carboxylic acids is 1. The SMILES string of the molecule is COc1ccc(C=CC(=O)Oc2cc(-c3ccc(OC)cc3)c3oc(=O)sc3c2)cc1. The molecule has 0 fully saturated rings. The second-order valence-corrected chi connectivity index (χ2v) is 7.49. The van der Waals surface area contributed by atoms with Crippen LogP contribution in [0.4, 0.5) is 0 Å². The minimum absolute atomic E-state index is 0.319. The second-order valence-electron chi connectivity index (χ2n) is 6.51. The first-order valence-corrected chi connectivity index (χ1v) is 10.1. The van der Waals surface area contributed by atoms with Crippen LogP contribution in [-0.4, -0.2) is 20.2 Å². The molecule has 0 atom stereocenters. The summed E-state index contributed by atoms with van der Waals surface area (Å²) in [5.74, 6) is 1.22. The first-order chi connectivity index (χ1) is 15.1. The van der Waals surface area contributed by atoms with Gasteiger partial charge in [-0.1, -0.05) is 35.6 Å². The topological polar surface area (TPSA) is 75.0 Å². The highest BCUT2D eigenvalue weighted by molar-refractivity contribution is 7.16. The molecule has 0 saturated carbocycles. The number of fused-ring (bicyclic) bond motifs is 1. The van der Waals surface area contributed by atoms with Crippen molar-refractivity contribution in [2.75, 3.05) is 14.2 Å². The third kappa shape index (κ3) is 4.67. The zero-order valence-corrected chi connectivity index (χ0v) is 17.6. The van der Waals surface area contributed by atoms with Gasteiger partial charge in [0.1, 0.15) is 17.2 Å². The Hall–Kier alpha value is -3.84.